The third kappa shape index (κ3) is 2.43. The van der Waals surface area contributed by atoms with Gasteiger partial charge in [-0.15, -0.1) is 0 Å². The first-order valence-electron chi connectivity index (χ1n) is 6.03. The Labute approximate surface area is 97.3 Å². The van der Waals surface area contributed by atoms with Crippen LogP contribution >= 0.6 is 0 Å². The molecule has 0 radical (unpaired) electrons. The molecule has 2 rings (SSSR count). The van der Waals surface area contributed by atoms with Gasteiger partial charge in [0.25, 0.3) is 5.91 Å². The standard InChI is InChI=1S/C14H19NO/c1-11-6-8-15(9-7-11)14(16)13-5-3-4-12(2)10-13/h3-5,10-11H,6-9H2,1-2H3. The quantitative estimate of drug-likeness (QED) is 0.708. The first kappa shape index (κ1) is 11.2. The van der Waals surface area contributed by atoms with Gasteiger partial charge in [-0.1, -0.05) is 24.6 Å². The average Bonchev–Trinajstić information content (AvgIpc) is 2.29. The molecule has 0 unspecified atom stereocenters. The molecule has 0 spiro atoms. The molecule has 0 saturated carbocycles. The van der Waals surface area contributed by atoms with Gasteiger partial charge in [-0.3, -0.25) is 4.79 Å². The van der Waals surface area contributed by atoms with Crippen molar-refractivity contribution >= 4 is 5.91 Å². The van der Waals surface area contributed by atoms with Crippen molar-refractivity contribution in [1.82, 2.24) is 4.90 Å². The van der Waals surface area contributed by atoms with Gasteiger partial charge in [0.1, 0.15) is 0 Å². The fraction of sp³-hybridized carbons (Fsp3) is 0.500. The van der Waals surface area contributed by atoms with Crippen molar-refractivity contribution in [3.63, 3.8) is 0 Å². The lowest BCUT2D eigenvalue weighted by molar-refractivity contribution is 0.0697. The summed E-state index contributed by atoms with van der Waals surface area (Å²) in [6, 6.07) is 7.86. The number of piperidine rings is 1. The van der Waals surface area contributed by atoms with E-state index >= 15 is 0 Å². The maximum absolute atomic E-state index is 12.2. The van der Waals surface area contributed by atoms with Gasteiger partial charge in [0, 0.05) is 18.7 Å². The summed E-state index contributed by atoms with van der Waals surface area (Å²) < 4.78 is 0. The average molecular weight is 217 g/mol. The van der Waals surface area contributed by atoms with Crippen LogP contribution in [0.3, 0.4) is 0 Å². The van der Waals surface area contributed by atoms with Crippen molar-refractivity contribution in [2.75, 3.05) is 13.1 Å². The van der Waals surface area contributed by atoms with Crippen molar-refractivity contribution in [2.45, 2.75) is 26.7 Å². The molecule has 0 N–H and O–H groups in total. The zero-order valence-electron chi connectivity index (χ0n) is 10.1. The minimum atomic E-state index is 0.190. The second kappa shape index (κ2) is 4.69. The number of carbonyl (C=O) groups excluding carboxylic acids is 1. The molecule has 0 atom stereocenters. The van der Waals surface area contributed by atoms with E-state index in [2.05, 4.69) is 6.92 Å². The summed E-state index contributed by atoms with van der Waals surface area (Å²) in [7, 11) is 0. The van der Waals surface area contributed by atoms with E-state index in [1.807, 2.05) is 36.1 Å². The zero-order valence-corrected chi connectivity index (χ0v) is 10.1. The third-order valence-electron chi connectivity index (χ3n) is 3.34. The van der Waals surface area contributed by atoms with Gasteiger partial charge >= 0.3 is 0 Å². The molecular formula is C14H19NO. The van der Waals surface area contributed by atoms with Crippen molar-refractivity contribution in [1.29, 1.82) is 0 Å². The lowest BCUT2D eigenvalue weighted by Crippen LogP contribution is -2.37. The molecule has 86 valence electrons. The monoisotopic (exact) mass is 217 g/mol. The Balaban J connectivity index is 2.08. The molecule has 0 bridgehead atoms. The fourth-order valence-electron chi connectivity index (χ4n) is 2.17. The number of rotatable bonds is 1. The van der Waals surface area contributed by atoms with E-state index in [1.54, 1.807) is 0 Å². The maximum Gasteiger partial charge on any atom is 0.253 e. The van der Waals surface area contributed by atoms with Crippen LogP contribution in [0.4, 0.5) is 0 Å². The highest BCUT2D eigenvalue weighted by Gasteiger charge is 2.21. The van der Waals surface area contributed by atoms with Crippen LogP contribution < -0.4 is 0 Å². The van der Waals surface area contributed by atoms with E-state index in [0.29, 0.717) is 0 Å². The highest BCUT2D eigenvalue weighted by atomic mass is 16.2. The summed E-state index contributed by atoms with van der Waals surface area (Å²) in [6.45, 7) is 6.10. The predicted molar refractivity (Wildman–Crippen MR) is 65.5 cm³/mol. The van der Waals surface area contributed by atoms with Gasteiger partial charge < -0.3 is 4.90 Å². The molecule has 2 nitrogen and oxygen atoms in total. The Bertz CT molecular complexity index is 378. The molecule has 1 aromatic rings. The summed E-state index contributed by atoms with van der Waals surface area (Å²) in [5.74, 6) is 0.956. The normalized spacial score (nSPS) is 17.5. The maximum atomic E-state index is 12.2. The molecule has 2 heteroatoms. The zero-order chi connectivity index (χ0) is 11.5. The molecule has 1 aliphatic rings. The molecule has 1 heterocycles. The van der Waals surface area contributed by atoms with E-state index in [1.165, 1.54) is 0 Å². The second-order valence-electron chi connectivity index (χ2n) is 4.84. The van der Waals surface area contributed by atoms with E-state index in [9.17, 15) is 4.79 Å². The Morgan fingerprint density at radius 2 is 2.00 bits per heavy atom. The minimum absolute atomic E-state index is 0.190. The van der Waals surface area contributed by atoms with Crippen LogP contribution in [-0.4, -0.2) is 23.9 Å². The third-order valence-corrected chi connectivity index (χ3v) is 3.34. The van der Waals surface area contributed by atoms with Crippen molar-refractivity contribution in [3.05, 3.63) is 35.4 Å². The molecule has 16 heavy (non-hydrogen) atoms. The molecule has 1 aliphatic heterocycles. The van der Waals surface area contributed by atoms with E-state index < -0.39 is 0 Å². The lowest BCUT2D eigenvalue weighted by atomic mass is 9.98. The first-order valence-corrected chi connectivity index (χ1v) is 6.03. The van der Waals surface area contributed by atoms with Crippen LogP contribution in [0.2, 0.25) is 0 Å². The van der Waals surface area contributed by atoms with Gasteiger partial charge in [0.05, 0.1) is 0 Å². The molecule has 1 aromatic carbocycles. The Morgan fingerprint density at radius 3 is 2.62 bits per heavy atom. The Hall–Kier alpha value is -1.31. The number of amides is 1. The minimum Gasteiger partial charge on any atom is -0.339 e. The van der Waals surface area contributed by atoms with Gasteiger partial charge in [-0.25, -0.2) is 0 Å². The van der Waals surface area contributed by atoms with Crippen molar-refractivity contribution < 1.29 is 4.79 Å². The van der Waals surface area contributed by atoms with E-state index in [-0.39, 0.29) is 5.91 Å². The van der Waals surface area contributed by atoms with Crippen LogP contribution in [0.1, 0.15) is 35.7 Å². The number of carbonyl (C=O) groups is 1. The summed E-state index contributed by atoms with van der Waals surface area (Å²) >= 11 is 0. The highest BCUT2D eigenvalue weighted by molar-refractivity contribution is 5.94. The highest BCUT2D eigenvalue weighted by Crippen LogP contribution is 2.18. The van der Waals surface area contributed by atoms with Crippen LogP contribution in [0, 0.1) is 12.8 Å². The van der Waals surface area contributed by atoms with Crippen LogP contribution in [-0.2, 0) is 0 Å². The molecule has 0 aliphatic carbocycles. The van der Waals surface area contributed by atoms with Crippen molar-refractivity contribution in [2.24, 2.45) is 5.92 Å². The lowest BCUT2D eigenvalue weighted by Gasteiger charge is -2.30. The molecular weight excluding hydrogens is 198 g/mol. The number of aryl methyl sites for hydroxylation is 1. The van der Waals surface area contributed by atoms with Crippen LogP contribution in [0.5, 0.6) is 0 Å². The van der Waals surface area contributed by atoms with Gasteiger partial charge in [-0.05, 0) is 37.8 Å². The smallest absolute Gasteiger partial charge is 0.253 e. The largest absolute Gasteiger partial charge is 0.339 e. The van der Waals surface area contributed by atoms with Crippen molar-refractivity contribution in [3.8, 4) is 0 Å². The SMILES string of the molecule is Cc1cccc(C(=O)N2CCC(C)CC2)c1. The van der Waals surface area contributed by atoms with E-state index in [0.717, 1.165) is 43.0 Å². The molecule has 1 fully saturated rings. The Morgan fingerprint density at radius 1 is 1.31 bits per heavy atom. The van der Waals surface area contributed by atoms with Crippen LogP contribution in [0.25, 0.3) is 0 Å². The second-order valence-corrected chi connectivity index (χ2v) is 4.84. The topological polar surface area (TPSA) is 20.3 Å². The summed E-state index contributed by atoms with van der Waals surface area (Å²) in [6.07, 6.45) is 2.27. The van der Waals surface area contributed by atoms with Crippen LogP contribution in [0.15, 0.2) is 24.3 Å². The van der Waals surface area contributed by atoms with Gasteiger partial charge in [0.2, 0.25) is 0 Å². The van der Waals surface area contributed by atoms with Gasteiger partial charge in [-0.2, -0.15) is 0 Å². The Kier molecular flexibility index (Phi) is 3.28. The number of hydrogen-bond donors (Lipinski definition) is 0. The van der Waals surface area contributed by atoms with E-state index in [4.69, 9.17) is 0 Å². The van der Waals surface area contributed by atoms with Gasteiger partial charge in [0.15, 0.2) is 0 Å². The number of nitrogens with zero attached hydrogens (tertiary/aromatic N) is 1. The molecule has 0 aromatic heterocycles. The predicted octanol–water partition coefficient (Wildman–Crippen LogP) is 2.87. The fourth-order valence-corrected chi connectivity index (χ4v) is 2.17. The summed E-state index contributed by atoms with van der Waals surface area (Å²) in [5, 5.41) is 0. The first-order chi connectivity index (χ1) is 7.66. The number of likely N-dealkylation sites (tertiary alicyclic amines) is 1. The summed E-state index contributed by atoms with van der Waals surface area (Å²) in [4.78, 5) is 14.2. The molecule has 1 saturated heterocycles. The number of benzene rings is 1. The number of hydrogen-bond acceptors (Lipinski definition) is 1. The molecule has 1 amide bonds. The summed E-state index contributed by atoms with van der Waals surface area (Å²) in [5.41, 5.74) is 1.98.